The van der Waals surface area contributed by atoms with Crippen LogP contribution in [0.15, 0.2) is 0 Å². The summed E-state index contributed by atoms with van der Waals surface area (Å²) >= 11 is 8.27. The summed E-state index contributed by atoms with van der Waals surface area (Å²) in [5.41, 5.74) is -0.239. The first-order valence-electron chi connectivity index (χ1n) is 7.69. The van der Waals surface area contributed by atoms with E-state index in [2.05, 4.69) is 32.2 Å². The molecule has 0 amide bonds. The van der Waals surface area contributed by atoms with Gasteiger partial charge in [-0.15, -0.1) is 12.6 Å². The quantitative estimate of drug-likeness (QED) is 0.216. The zero-order chi connectivity index (χ0) is 14.3. The molecule has 0 aliphatic carbocycles. The van der Waals surface area contributed by atoms with Crippen LogP contribution >= 0.6 is 25.3 Å². The van der Waals surface area contributed by atoms with Gasteiger partial charge in [-0.1, -0.05) is 58.3 Å². The van der Waals surface area contributed by atoms with Gasteiger partial charge in [0.15, 0.2) is 0 Å². The van der Waals surface area contributed by atoms with E-state index in [-0.39, 0.29) is 11.4 Å². The first-order chi connectivity index (χ1) is 9.20. The highest BCUT2D eigenvalue weighted by molar-refractivity contribution is 7.80. The number of carbonyl (C=O) groups is 1. The average Bonchev–Trinajstić information content (AvgIpc) is 2.37. The van der Waals surface area contributed by atoms with E-state index in [1.807, 2.05) is 0 Å². The predicted octanol–water partition coefficient (Wildman–Crippen LogP) is 5.03. The van der Waals surface area contributed by atoms with Gasteiger partial charge in [0.2, 0.25) is 0 Å². The fourth-order valence-electron chi connectivity index (χ4n) is 1.99. The minimum atomic E-state index is -0.239. The average molecular weight is 307 g/mol. The lowest BCUT2D eigenvalue weighted by atomic mass is 10.1. The van der Waals surface area contributed by atoms with Gasteiger partial charge in [-0.25, -0.2) is 0 Å². The van der Waals surface area contributed by atoms with Crippen molar-refractivity contribution in [2.45, 2.75) is 83.0 Å². The van der Waals surface area contributed by atoms with Crippen LogP contribution in [0, 0.1) is 0 Å². The van der Waals surface area contributed by atoms with E-state index < -0.39 is 0 Å². The summed E-state index contributed by atoms with van der Waals surface area (Å²) in [4.78, 5) is 11.2. The summed E-state index contributed by atoms with van der Waals surface area (Å²) in [6.45, 7) is 2.25. The molecule has 0 bridgehead atoms. The lowest BCUT2D eigenvalue weighted by Crippen LogP contribution is -2.13. The summed E-state index contributed by atoms with van der Waals surface area (Å²) < 4.78 is 5.14. The van der Waals surface area contributed by atoms with Gasteiger partial charge >= 0.3 is 5.97 Å². The molecule has 0 radical (unpaired) electrons. The highest BCUT2D eigenvalue weighted by Gasteiger charge is 2.08. The third-order valence-corrected chi connectivity index (χ3v) is 3.73. The van der Waals surface area contributed by atoms with Crippen LogP contribution in [0.1, 0.15) is 77.6 Å². The van der Waals surface area contributed by atoms with Crippen molar-refractivity contribution in [3.05, 3.63) is 0 Å². The third kappa shape index (κ3) is 14.4. The van der Waals surface area contributed by atoms with Crippen LogP contribution in [0.5, 0.6) is 0 Å². The molecule has 114 valence electrons. The number of thiol groups is 2. The molecule has 19 heavy (non-hydrogen) atoms. The van der Waals surface area contributed by atoms with Gasteiger partial charge in [0, 0.05) is 5.75 Å². The molecule has 1 unspecified atom stereocenters. The Morgan fingerprint density at radius 2 is 1.53 bits per heavy atom. The lowest BCUT2D eigenvalue weighted by Gasteiger charge is -2.11. The van der Waals surface area contributed by atoms with E-state index in [1.54, 1.807) is 0 Å². The van der Waals surface area contributed by atoms with Gasteiger partial charge in [0.05, 0.1) is 6.42 Å². The summed E-state index contributed by atoms with van der Waals surface area (Å²) in [5, 5.41) is 0. The van der Waals surface area contributed by atoms with Crippen LogP contribution in [0.2, 0.25) is 0 Å². The molecule has 0 aromatic carbocycles. The standard InChI is InChI=1S/C15H30O2S2/c1-2-3-4-5-6-7-8-9-10-11-15(19)17-14(16)12-13-18/h15,18-19H,2-13H2,1H3. The van der Waals surface area contributed by atoms with Crippen LogP contribution in [0.4, 0.5) is 0 Å². The molecule has 0 saturated heterocycles. The molecule has 0 fully saturated rings. The fraction of sp³-hybridized carbons (Fsp3) is 0.933. The van der Waals surface area contributed by atoms with Crippen molar-refractivity contribution in [3.8, 4) is 0 Å². The van der Waals surface area contributed by atoms with Crippen LogP contribution < -0.4 is 0 Å². The fourth-order valence-corrected chi connectivity index (χ4v) is 2.47. The second-order valence-corrected chi connectivity index (χ2v) is 6.06. The van der Waals surface area contributed by atoms with Crippen molar-refractivity contribution in [1.29, 1.82) is 0 Å². The molecule has 0 aromatic heterocycles. The SMILES string of the molecule is CCCCCCCCCCCC(S)OC(=O)CCS. The van der Waals surface area contributed by atoms with Crippen LogP contribution in [-0.4, -0.2) is 17.2 Å². The topological polar surface area (TPSA) is 26.3 Å². The minimum absolute atomic E-state index is 0.189. The lowest BCUT2D eigenvalue weighted by molar-refractivity contribution is -0.144. The van der Waals surface area contributed by atoms with Crippen molar-refractivity contribution >= 4 is 31.2 Å². The molecule has 0 aromatic rings. The molecular weight excluding hydrogens is 276 g/mol. The number of hydrogen-bond donors (Lipinski definition) is 2. The molecule has 1 atom stereocenters. The van der Waals surface area contributed by atoms with E-state index in [4.69, 9.17) is 4.74 Å². The van der Waals surface area contributed by atoms with Gasteiger partial charge < -0.3 is 4.74 Å². The van der Waals surface area contributed by atoms with Crippen molar-refractivity contribution in [3.63, 3.8) is 0 Å². The highest BCUT2D eigenvalue weighted by atomic mass is 32.1. The first-order valence-corrected chi connectivity index (χ1v) is 8.84. The molecule has 0 saturated carbocycles. The second kappa shape index (κ2) is 14.6. The maximum atomic E-state index is 11.2. The predicted molar refractivity (Wildman–Crippen MR) is 89.2 cm³/mol. The third-order valence-electron chi connectivity index (χ3n) is 3.14. The zero-order valence-corrected chi connectivity index (χ0v) is 14.1. The Morgan fingerprint density at radius 3 is 2.05 bits per heavy atom. The summed E-state index contributed by atoms with van der Waals surface area (Å²) in [5.74, 6) is 0.350. The largest absolute Gasteiger partial charge is 0.452 e. The number of esters is 1. The normalized spacial score (nSPS) is 12.4. The Balaban J connectivity index is 3.22. The van der Waals surface area contributed by atoms with Crippen LogP contribution in [0.25, 0.3) is 0 Å². The van der Waals surface area contributed by atoms with Gasteiger partial charge in [-0.05, 0) is 12.8 Å². The van der Waals surface area contributed by atoms with Gasteiger partial charge in [-0.3, -0.25) is 4.79 Å². The summed E-state index contributed by atoms with van der Waals surface area (Å²) in [7, 11) is 0. The van der Waals surface area contributed by atoms with E-state index in [9.17, 15) is 4.79 Å². The molecule has 0 aliphatic heterocycles. The minimum Gasteiger partial charge on any atom is -0.452 e. The van der Waals surface area contributed by atoms with Gasteiger partial charge in [0.25, 0.3) is 0 Å². The zero-order valence-electron chi connectivity index (χ0n) is 12.3. The molecule has 0 aliphatic rings. The van der Waals surface area contributed by atoms with Crippen molar-refractivity contribution in [2.75, 3.05) is 5.75 Å². The molecule has 2 nitrogen and oxygen atoms in total. The number of unbranched alkanes of at least 4 members (excludes halogenated alkanes) is 8. The number of ether oxygens (including phenoxy) is 1. The summed E-state index contributed by atoms with van der Waals surface area (Å²) in [6, 6.07) is 0. The Bertz CT molecular complexity index is 210. The Kier molecular flexibility index (Phi) is 14.7. The van der Waals surface area contributed by atoms with E-state index in [0.717, 1.165) is 12.8 Å². The van der Waals surface area contributed by atoms with Crippen molar-refractivity contribution in [2.24, 2.45) is 0 Å². The van der Waals surface area contributed by atoms with Gasteiger partial charge in [-0.2, -0.15) is 12.6 Å². The van der Waals surface area contributed by atoms with Crippen LogP contribution in [-0.2, 0) is 9.53 Å². The first kappa shape index (κ1) is 19.2. The van der Waals surface area contributed by atoms with Crippen LogP contribution in [0.3, 0.4) is 0 Å². The molecule has 0 rings (SSSR count). The molecule has 0 heterocycles. The van der Waals surface area contributed by atoms with E-state index in [1.165, 1.54) is 51.4 Å². The number of hydrogen-bond acceptors (Lipinski definition) is 4. The molecular formula is C15H30O2S2. The van der Waals surface area contributed by atoms with Crippen molar-refractivity contribution in [1.82, 2.24) is 0 Å². The summed E-state index contributed by atoms with van der Waals surface area (Å²) in [6.07, 6.45) is 13.0. The Labute approximate surface area is 129 Å². The van der Waals surface area contributed by atoms with Gasteiger partial charge in [0.1, 0.15) is 5.44 Å². The number of carbonyl (C=O) groups excluding carboxylic acids is 1. The highest BCUT2D eigenvalue weighted by Crippen LogP contribution is 2.14. The Morgan fingerprint density at radius 1 is 1.00 bits per heavy atom. The molecule has 4 heteroatoms. The van der Waals surface area contributed by atoms with E-state index in [0.29, 0.717) is 12.2 Å². The smallest absolute Gasteiger partial charge is 0.307 e. The number of rotatable bonds is 13. The van der Waals surface area contributed by atoms with Crippen molar-refractivity contribution < 1.29 is 9.53 Å². The second-order valence-electron chi connectivity index (χ2n) is 5.04. The Hall–Kier alpha value is 0.170. The molecule has 0 N–H and O–H groups in total. The monoisotopic (exact) mass is 306 g/mol. The molecule has 0 spiro atoms. The van der Waals surface area contributed by atoms with E-state index >= 15 is 0 Å². The maximum Gasteiger partial charge on any atom is 0.307 e. The maximum absolute atomic E-state index is 11.2.